The molecule has 0 saturated carbocycles. The van der Waals surface area contributed by atoms with Crippen molar-refractivity contribution < 1.29 is 9.53 Å². The average Bonchev–Trinajstić information content (AvgIpc) is 2.67. The summed E-state index contributed by atoms with van der Waals surface area (Å²) in [6.45, 7) is 7.63. The number of morpholine rings is 1. The van der Waals surface area contributed by atoms with Gasteiger partial charge in [-0.05, 0) is 24.6 Å². The summed E-state index contributed by atoms with van der Waals surface area (Å²) in [6.07, 6.45) is 1.66. The second kappa shape index (κ2) is 9.31. The number of hydrogen-bond acceptors (Lipinski definition) is 5. The highest BCUT2D eigenvalue weighted by molar-refractivity contribution is 5.94. The van der Waals surface area contributed by atoms with E-state index >= 15 is 0 Å². The number of anilines is 1. The first kappa shape index (κ1) is 18.4. The summed E-state index contributed by atoms with van der Waals surface area (Å²) in [7, 11) is 0. The first-order valence-corrected chi connectivity index (χ1v) is 9.04. The van der Waals surface area contributed by atoms with Crippen LogP contribution >= 0.6 is 0 Å². The van der Waals surface area contributed by atoms with Crippen LogP contribution in [-0.2, 0) is 11.3 Å². The van der Waals surface area contributed by atoms with Crippen LogP contribution < -0.4 is 10.6 Å². The third-order valence-corrected chi connectivity index (χ3v) is 4.40. The molecule has 0 atom stereocenters. The Hall–Kier alpha value is -2.44. The van der Waals surface area contributed by atoms with Crippen molar-refractivity contribution in [3.05, 3.63) is 59.3 Å². The van der Waals surface area contributed by atoms with Crippen LogP contribution in [0.1, 0.15) is 21.5 Å². The van der Waals surface area contributed by atoms with Crippen LogP contribution in [0.25, 0.3) is 0 Å². The lowest BCUT2D eigenvalue weighted by atomic mass is 10.1. The number of aryl methyl sites for hydroxylation is 1. The normalized spacial score (nSPS) is 14.8. The highest BCUT2D eigenvalue weighted by Crippen LogP contribution is 2.10. The van der Waals surface area contributed by atoms with Gasteiger partial charge in [-0.2, -0.15) is 0 Å². The molecule has 2 aromatic rings. The van der Waals surface area contributed by atoms with E-state index in [0.29, 0.717) is 24.5 Å². The van der Waals surface area contributed by atoms with Crippen molar-refractivity contribution in [2.45, 2.75) is 13.5 Å². The van der Waals surface area contributed by atoms with E-state index in [4.69, 9.17) is 4.74 Å². The minimum atomic E-state index is -0.0701. The van der Waals surface area contributed by atoms with Crippen molar-refractivity contribution in [2.24, 2.45) is 0 Å². The van der Waals surface area contributed by atoms with E-state index in [1.54, 1.807) is 18.3 Å². The van der Waals surface area contributed by atoms with Gasteiger partial charge in [0.1, 0.15) is 5.82 Å². The fraction of sp³-hybridized carbons (Fsp3) is 0.400. The lowest BCUT2D eigenvalue weighted by Crippen LogP contribution is -2.41. The van der Waals surface area contributed by atoms with Crippen LogP contribution in [0.3, 0.4) is 0 Å². The highest BCUT2D eigenvalue weighted by atomic mass is 16.5. The van der Waals surface area contributed by atoms with Gasteiger partial charge < -0.3 is 15.4 Å². The van der Waals surface area contributed by atoms with Crippen LogP contribution in [0.15, 0.2) is 42.6 Å². The van der Waals surface area contributed by atoms with E-state index in [2.05, 4.69) is 45.6 Å². The molecule has 1 saturated heterocycles. The topological polar surface area (TPSA) is 66.5 Å². The predicted molar refractivity (Wildman–Crippen MR) is 102 cm³/mol. The minimum absolute atomic E-state index is 0.0701. The maximum Gasteiger partial charge on any atom is 0.251 e. The second-order valence-corrected chi connectivity index (χ2v) is 6.48. The highest BCUT2D eigenvalue weighted by Gasteiger charge is 2.11. The van der Waals surface area contributed by atoms with E-state index in [-0.39, 0.29) is 5.91 Å². The largest absolute Gasteiger partial charge is 0.379 e. The van der Waals surface area contributed by atoms with Gasteiger partial charge in [-0.25, -0.2) is 4.98 Å². The van der Waals surface area contributed by atoms with E-state index in [0.717, 1.165) is 32.8 Å². The zero-order valence-electron chi connectivity index (χ0n) is 15.2. The molecule has 0 spiro atoms. The number of carbonyl (C=O) groups is 1. The molecule has 1 fully saturated rings. The van der Waals surface area contributed by atoms with E-state index in [9.17, 15) is 4.79 Å². The number of hydrogen-bond donors (Lipinski definition) is 2. The van der Waals surface area contributed by atoms with Crippen LogP contribution in [0.2, 0.25) is 0 Å². The number of aromatic nitrogens is 1. The molecule has 0 unspecified atom stereocenters. The van der Waals surface area contributed by atoms with Gasteiger partial charge in [-0.1, -0.05) is 29.8 Å². The molecule has 0 aliphatic carbocycles. The van der Waals surface area contributed by atoms with Crippen molar-refractivity contribution in [3.8, 4) is 0 Å². The molecule has 1 aromatic carbocycles. The molecule has 6 nitrogen and oxygen atoms in total. The van der Waals surface area contributed by atoms with Gasteiger partial charge in [-0.3, -0.25) is 9.69 Å². The molecule has 0 bridgehead atoms. The predicted octanol–water partition coefficient (Wildman–Crippen LogP) is 2.06. The molecule has 0 radical (unpaired) electrons. The summed E-state index contributed by atoms with van der Waals surface area (Å²) in [4.78, 5) is 18.9. The van der Waals surface area contributed by atoms with Crippen LogP contribution in [0.5, 0.6) is 0 Å². The van der Waals surface area contributed by atoms with Crippen LogP contribution in [-0.4, -0.2) is 55.2 Å². The average molecular weight is 354 g/mol. The second-order valence-electron chi connectivity index (χ2n) is 6.48. The summed E-state index contributed by atoms with van der Waals surface area (Å²) in [5.41, 5.74) is 3.03. The zero-order valence-corrected chi connectivity index (χ0v) is 15.2. The Morgan fingerprint density at radius 3 is 2.88 bits per heavy atom. The summed E-state index contributed by atoms with van der Waals surface area (Å²) < 4.78 is 5.33. The van der Waals surface area contributed by atoms with Crippen molar-refractivity contribution in [1.29, 1.82) is 0 Å². The fourth-order valence-electron chi connectivity index (χ4n) is 2.94. The first-order chi connectivity index (χ1) is 12.7. The van der Waals surface area contributed by atoms with E-state index < -0.39 is 0 Å². The first-order valence-electron chi connectivity index (χ1n) is 9.04. The van der Waals surface area contributed by atoms with E-state index in [1.165, 1.54) is 11.1 Å². The maximum atomic E-state index is 12.3. The monoisotopic (exact) mass is 354 g/mol. The third kappa shape index (κ3) is 5.54. The molecule has 3 rings (SSSR count). The van der Waals surface area contributed by atoms with E-state index in [1.807, 2.05) is 6.07 Å². The molecular formula is C20H26N4O2. The zero-order chi connectivity index (χ0) is 18.2. The fourth-order valence-corrected chi connectivity index (χ4v) is 2.94. The van der Waals surface area contributed by atoms with Crippen molar-refractivity contribution in [3.63, 3.8) is 0 Å². The number of carbonyl (C=O) groups excluding carboxylic acids is 1. The quantitative estimate of drug-likeness (QED) is 0.797. The molecular weight excluding hydrogens is 328 g/mol. The molecule has 1 aliphatic rings. The number of ether oxygens (including phenoxy) is 1. The Morgan fingerprint density at radius 1 is 1.23 bits per heavy atom. The summed E-state index contributed by atoms with van der Waals surface area (Å²) in [5.74, 6) is 0.631. The van der Waals surface area contributed by atoms with Gasteiger partial charge in [0.05, 0.1) is 13.2 Å². The number of benzene rings is 1. The summed E-state index contributed by atoms with van der Waals surface area (Å²) >= 11 is 0. The molecule has 1 amide bonds. The van der Waals surface area contributed by atoms with Gasteiger partial charge in [0.2, 0.25) is 0 Å². The molecule has 1 aliphatic heterocycles. The lowest BCUT2D eigenvalue weighted by Gasteiger charge is -2.26. The molecule has 6 heteroatoms. The number of nitrogens with one attached hydrogen (secondary N) is 2. The SMILES string of the molecule is Cc1cccc(CNc2cc(C(=O)NCCN3CCOCC3)ccn2)c1. The minimum Gasteiger partial charge on any atom is -0.379 e. The summed E-state index contributed by atoms with van der Waals surface area (Å²) in [5, 5.41) is 6.26. The maximum absolute atomic E-state index is 12.3. The molecule has 138 valence electrons. The molecule has 2 heterocycles. The number of pyridine rings is 1. The lowest BCUT2D eigenvalue weighted by molar-refractivity contribution is 0.0383. The number of nitrogens with zero attached hydrogens (tertiary/aromatic N) is 2. The van der Waals surface area contributed by atoms with Crippen molar-refractivity contribution in [2.75, 3.05) is 44.7 Å². The third-order valence-electron chi connectivity index (χ3n) is 4.40. The van der Waals surface area contributed by atoms with Gasteiger partial charge in [0.25, 0.3) is 5.91 Å². The van der Waals surface area contributed by atoms with Crippen LogP contribution in [0, 0.1) is 6.92 Å². The Morgan fingerprint density at radius 2 is 2.08 bits per heavy atom. The Bertz CT molecular complexity index is 729. The number of amides is 1. The van der Waals surface area contributed by atoms with Gasteiger partial charge >= 0.3 is 0 Å². The number of rotatable bonds is 7. The van der Waals surface area contributed by atoms with Crippen molar-refractivity contribution >= 4 is 11.7 Å². The molecule has 2 N–H and O–H groups in total. The summed E-state index contributed by atoms with van der Waals surface area (Å²) in [6, 6.07) is 11.8. The van der Waals surface area contributed by atoms with Crippen LogP contribution in [0.4, 0.5) is 5.82 Å². The molecule has 1 aromatic heterocycles. The van der Waals surface area contributed by atoms with Crippen molar-refractivity contribution in [1.82, 2.24) is 15.2 Å². The Balaban J connectivity index is 1.48. The standard InChI is InChI=1S/C20H26N4O2/c1-16-3-2-4-17(13-16)15-23-19-14-18(5-6-21-19)20(25)22-7-8-24-9-11-26-12-10-24/h2-6,13-14H,7-12,15H2,1H3,(H,21,23)(H,22,25). The Labute approximate surface area is 154 Å². The molecule has 26 heavy (non-hydrogen) atoms. The van der Waals surface area contributed by atoms with Gasteiger partial charge in [0, 0.05) is 44.5 Å². The Kier molecular flexibility index (Phi) is 6.57. The smallest absolute Gasteiger partial charge is 0.251 e. The van der Waals surface area contributed by atoms with Gasteiger partial charge in [-0.15, -0.1) is 0 Å². The van der Waals surface area contributed by atoms with Gasteiger partial charge in [0.15, 0.2) is 0 Å².